The number of amidine groups is 1. The van der Waals surface area contributed by atoms with Gasteiger partial charge in [0.05, 0.1) is 18.4 Å². The third kappa shape index (κ3) is 6.87. The fraction of sp³-hybridized carbons (Fsp3) is 0.133. The number of phenolic OH excluding ortho intramolecular Hbond substituents is 1. The number of aromatic hydroxyl groups is 1. The van der Waals surface area contributed by atoms with Crippen molar-refractivity contribution in [3.8, 4) is 17.2 Å². The largest absolute Gasteiger partial charge is 0.508 e. The van der Waals surface area contributed by atoms with Crippen LogP contribution in [0.3, 0.4) is 0 Å². The van der Waals surface area contributed by atoms with Crippen molar-refractivity contribution in [3.05, 3.63) is 108 Å². The third-order valence-electron chi connectivity index (χ3n) is 6.13. The molecule has 1 aromatic heterocycles. The number of ether oxygens (including phenoxy) is 1. The van der Waals surface area contributed by atoms with Crippen LogP contribution in [0.2, 0.25) is 0 Å². The Balaban J connectivity index is 1.38. The van der Waals surface area contributed by atoms with Gasteiger partial charge in [-0.2, -0.15) is 0 Å². The number of carbonyl (C=O) groups is 2. The van der Waals surface area contributed by atoms with Crippen molar-refractivity contribution in [1.29, 1.82) is 0 Å². The molecule has 0 radical (unpaired) electrons. The van der Waals surface area contributed by atoms with E-state index in [0.29, 0.717) is 28.3 Å². The molecule has 1 saturated heterocycles. The number of thioether (sulfide) groups is 1. The highest BCUT2D eigenvalue weighted by atomic mass is 32.2. The molecule has 5 rings (SSSR count). The minimum Gasteiger partial charge on any atom is -0.508 e. The molecule has 2 heterocycles. The van der Waals surface area contributed by atoms with E-state index in [4.69, 9.17) is 4.74 Å². The van der Waals surface area contributed by atoms with Gasteiger partial charge in [0.15, 0.2) is 16.7 Å². The summed E-state index contributed by atoms with van der Waals surface area (Å²) in [5.74, 6) is -1.48. The van der Waals surface area contributed by atoms with Gasteiger partial charge in [0.1, 0.15) is 22.6 Å². The van der Waals surface area contributed by atoms with Crippen LogP contribution in [-0.4, -0.2) is 37.2 Å². The summed E-state index contributed by atoms with van der Waals surface area (Å²) >= 11 is 1.08. The molecule has 4 aromatic rings. The molecule has 2 N–H and O–H groups in total. The van der Waals surface area contributed by atoms with Crippen LogP contribution in [0.15, 0.2) is 90.2 Å². The first kappa shape index (κ1) is 27.8. The molecular formula is C30H24F2N4O4S. The molecule has 0 bridgehead atoms. The van der Waals surface area contributed by atoms with E-state index >= 15 is 0 Å². The number of aryl methyl sites for hydroxylation is 1. The predicted molar refractivity (Wildman–Crippen MR) is 152 cm³/mol. The topological polar surface area (TPSA) is 104 Å². The number of hydrogen-bond donors (Lipinski definition) is 2. The van der Waals surface area contributed by atoms with Crippen molar-refractivity contribution < 1.29 is 28.2 Å². The molecule has 1 atom stereocenters. The fourth-order valence-electron chi connectivity index (χ4n) is 4.04. The van der Waals surface area contributed by atoms with Crippen molar-refractivity contribution in [2.75, 3.05) is 5.32 Å². The lowest BCUT2D eigenvalue weighted by molar-refractivity contribution is -0.128. The van der Waals surface area contributed by atoms with Gasteiger partial charge in [-0.1, -0.05) is 23.9 Å². The second kappa shape index (κ2) is 12.2. The summed E-state index contributed by atoms with van der Waals surface area (Å²) < 4.78 is 34.5. The van der Waals surface area contributed by atoms with Gasteiger partial charge in [-0.3, -0.25) is 19.5 Å². The van der Waals surface area contributed by atoms with E-state index < -0.39 is 22.8 Å². The van der Waals surface area contributed by atoms with Crippen molar-refractivity contribution in [2.24, 2.45) is 4.99 Å². The second-order valence-electron chi connectivity index (χ2n) is 9.21. The molecule has 2 amide bonds. The first-order valence-electron chi connectivity index (χ1n) is 12.5. The molecule has 1 aliphatic rings. The quantitative estimate of drug-likeness (QED) is 0.239. The van der Waals surface area contributed by atoms with Crippen LogP contribution >= 0.6 is 11.8 Å². The summed E-state index contributed by atoms with van der Waals surface area (Å²) in [6, 6.07) is 17.8. The number of rotatable bonds is 8. The Morgan fingerprint density at radius 3 is 2.66 bits per heavy atom. The summed E-state index contributed by atoms with van der Waals surface area (Å²) in [6.07, 6.45) is 2.88. The molecule has 1 unspecified atom stereocenters. The number of halogens is 2. The molecule has 208 valence electrons. The van der Waals surface area contributed by atoms with Gasteiger partial charge in [-0.25, -0.2) is 13.8 Å². The number of phenols is 1. The van der Waals surface area contributed by atoms with E-state index in [1.807, 2.05) is 0 Å². The van der Waals surface area contributed by atoms with E-state index in [-0.39, 0.29) is 35.5 Å². The summed E-state index contributed by atoms with van der Waals surface area (Å²) in [7, 11) is 0. The molecule has 1 fully saturated rings. The maximum atomic E-state index is 14.9. The SMILES string of the molecule is Cc1ccc(F)cc1N=C1SC(CC(=O)Nc2ccc(O)cc2)C(=O)N1Cc1ccc(Oc2cccnc2)c(F)c1. The van der Waals surface area contributed by atoms with Crippen LogP contribution in [-0.2, 0) is 16.1 Å². The van der Waals surface area contributed by atoms with Gasteiger partial charge < -0.3 is 15.2 Å². The third-order valence-corrected chi connectivity index (χ3v) is 7.30. The minimum atomic E-state index is -0.808. The van der Waals surface area contributed by atoms with Crippen molar-refractivity contribution in [1.82, 2.24) is 9.88 Å². The number of hydrogen-bond acceptors (Lipinski definition) is 7. The zero-order valence-corrected chi connectivity index (χ0v) is 22.6. The Bertz CT molecular complexity index is 1620. The van der Waals surface area contributed by atoms with Gasteiger partial charge in [-0.15, -0.1) is 0 Å². The lowest BCUT2D eigenvalue weighted by atomic mass is 10.1. The maximum Gasteiger partial charge on any atom is 0.242 e. The Morgan fingerprint density at radius 1 is 1.12 bits per heavy atom. The Hall–Kier alpha value is -4.77. The van der Waals surface area contributed by atoms with Crippen LogP contribution in [0.25, 0.3) is 0 Å². The average molecular weight is 575 g/mol. The molecule has 0 saturated carbocycles. The number of benzene rings is 3. The Labute approximate surface area is 238 Å². The van der Waals surface area contributed by atoms with E-state index in [1.54, 1.807) is 49.5 Å². The number of aliphatic imine (C=N–C) groups is 1. The highest BCUT2D eigenvalue weighted by Crippen LogP contribution is 2.35. The van der Waals surface area contributed by atoms with Gasteiger partial charge in [0.25, 0.3) is 0 Å². The molecule has 1 aliphatic heterocycles. The summed E-state index contributed by atoms with van der Waals surface area (Å²) in [5, 5.41) is 11.6. The first-order chi connectivity index (χ1) is 19.7. The summed E-state index contributed by atoms with van der Waals surface area (Å²) in [5.41, 5.74) is 1.97. The standard InChI is InChI=1S/C30H24F2N4O4S/c1-18-4-6-20(31)14-25(18)35-30-36(17-19-5-11-26(24(32)13-19)40-23-3-2-12-33-16-23)29(39)27(41-30)15-28(38)34-21-7-9-22(37)10-8-21/h2-14,16,27,37H,15,17H2,1H3,(H,34,38). The number of carbonyl (C=O) groups excluding carboxylic acids is 2. The highest BCUT2D eigenvalue weighted by molar-refractivity contribution is 8.15. The number of aromatic nitrogens is 1. The smallest absolute Gasteiger partial charge is 0.242 e. The van der Waals surface area contributed by atoms with Gasteiger partial charge in [0, 0.05) is 18.3 Å². The van der Waals surface area contributed by atoms with Crippen molar-refractivity contribution in [3.63, 3.8) is 0 Å². The number of nitrogens with zero attached hydrogens (tertiary/aromatic N) is 3. The molecular weight excluding hydrogens is 550 g/mol. The first-order valence-corrected chi connectivity index (χ1v) is 13.4. The summed E-state index contributed by atoms with van der Waals surface area (Å²) in [6.45, 7) is 1.74. The normalized spacial score (nSPS) is 15.8. The fourth-order valence-corrected chi connectivity index (χ4v) is 5.19. The highest BCUT2D eigenvalue weighted by Gasteiger charge is 2.39. The lowest BCUT2D eigenvalue weighted by Gasteiger charge is -2.17. The molecule has 0 spiro atoms. The van der Waals surface area contributed by atoms with Gasteiger partial charge in [0.2, 0.25) is 11.8 Å². The van der Waals surface area contributed by atoms with E-state index in [9.17, 15) is 23.5 Å². The molecule has 41 heavy (non-hydrogen) atoms. The monoisotopic (exact) mass is 574 g/mol. The predicted octanol–water partition coefficient (Wildman–Crippen LogP) is 6.33. The van der Waals surface area contributed by atoms with Crippen molar-refractivity contribution >= 4 is 40.1 Å². The number of anilines is 1. The van der Waals surface area contributed by atoms with E-state index in [0.717, 1.165) is 11.8 Å². The van der Waals surface area contributed by atoms with Crippen LogP contribution in [0.4, 0.5) is 20.2 Å². The van der Waals surface area contributed by atoms with E-state index in [2.05, 4.69) is 15.3 Å². The van der Waals surface area contributed by atoms with Crippen molar-refractivity contribution in [2.45, 2.75) is 25.1 Å². The molecule has 0 aliphatic carbocycles. The van der Waals surface area contributed by atoms with E-state index in [1.165, 1.54) is 47.5 Å². The van der Waals surface area contributed by atoms with Crippen LogP contribution in [0.5, 0.6) is 17.2 Å². The Kier molecular flexibility index (Phi) is 8.25. The van der Waals surface area contributed by atoms with Crippen LogP contribution in [0, 0.1) is 18.6 Å². The number of amides is 2. The van der Waals surface area contributed by atoms with Gasteiger partial charge >= 0.3 is 0 Å². The molecule has 8 nitrogen and oxygen atoms in total. The Morgan fingerprint density at radius 2 is 1.93 bits per heavy atom. The summed E-state index contributed by atoms with van der Waals surface area (Å²) in [4.78, 5) is 36.1. The minimum absolute atomic E-state index is 0.00284. The lowest BCUT2D eigenvalue weighted by Crippen LogP contribution is -2.33. The van der Waals surface area contributed by atoms with Gasteiger partial charge in [-0.05, 0) is 78.7 Å². The van der Waals surface area contributed by atoms with Crippen LogP contribution < -0.4 is 10.1 Å². The molecule has 3 aromatic carbocycles. The maximum absolute atomic E-state index is 14.9. The molecule has 11 heteroatoms. The average Bonchev–Trinajstić information content (AvgIpc) is 3.22. The number of pyridine rings is 1. The van der Waals surface area contributed by atoms with Crippen LogP contribution in [0.1, 0.15) is 17.5 Å². The zero-order chi connectivity index (χ0) is 28.9. The number of nitrogens with one attached hydrogen (secondary N) is 1. The zero-order valence-electron chi connectivity index (χ0n) is 21.8. The second-order valence-corrected chi connectivity index (χ2v) is 10.4.